The number of rotatable bonds is 8. The summed E-state index contributed by atoms with van der Waals surface area (Å²) in [6, 6.07) is 14.5. The van der Waals surface area contributed by atoms with Crippen molar-refractivity contribution in [1.82, 2.24) is 10.6 Å². The fourth-order valence-electron chi connectivity index (χ4n) is 2.49. The average molecular weight is 428 g/mol. The standard InChI is InChI=1S/C23H29N3O5/c1-16-9-11-18(12-10-16)30-15-21(28)24-13-17-7-5-6-8-19(17)26-20(27)14-25-22(29)31-23(2,3)4/h5-12H,13-15H2,1-4H3,(H,24,28)(H,25,29)(H,26,27). The second kappa shape index (κ2) is 11.0. The lowest BCUT2D eigenvalue weighted by Crippen LogP contribution is -2.37. The Morgan fingerprint density at radius 1 is 0.903 bits per heavy atom. The highest BCUT2D eigenvalue weighted by atomic mass is 16.6. The van der Waals surface area contributed by atoms with E-state index in [2.05, 4.69) is 16.0 Å². The molecule has 0 radical (unpaired) electrons. The highest BCUT2D eigenvalue weighted by Crippen LogP contribution is 2.15. The third kappa shape index (κ3) is 9.20. The summed E-state index contributed by atoms with van der Waals surface area (Å²) in [4.78, 5) is 35.9. The smallest absolute Gasteiger partial charge is 0.408 e. The molecule has 0 aliphatic heterocycles. The molecule has 2 aromatic carbocycles. The van der Waals surface area contributed by atoms with Crippen molar-refractivity contribution in [3.8, 4) is 5.75 Å². The Bertz CT molecular complexity index is 904. The molecule has 0 aliphatic rings. The molecule has 0 aromatic heterocycles. The van der Waals surface area contributed by atoms with E-state index in [9.17, 15) is 14.4 Å². The van der Waals surface area contributed by atoms with Crippen LogP contribution in [0.25, 0.3) is 0 Å². The zero-order chi connectivity index (χ0) is 22.9. The number of hydrogen-bond donors (Lipinski definition) is 3. The SMILES string of the molecule is Cc1ccc(OCC(=O)NCc2ccccc2NC(=O)CNC(=O)OC(C)(C)C)cc1. The third-order valence-corrected chi connectivity index (χ3v) is 3.95. The summed E-state index contributed by atoms with van der Waals surface area (Å²) in [5.41, 5.74) is 1.72. The van der Waals surface area contributed by atoms with Gasteiger partial charge in [0.25, 0.3) is 5.91 Å². The minimum atomic E-state index is -0.670. The van der Waals surface area contributed by atoms with Crippen LogP contribution in [0.3, 0.4) is 0 Å². The van der Waals surface area contributed by atoms with Gasteiger partial charge in [-0.25, -0.2) is 4.79 Å². The van der Waals surface area contributed by atoms with E-state index < -0.39 is 17.6 Å². The highest BCUT2D eigenvalue weighted by Gasteiger charge is 2.17. The molecule has 8 heteroatoms. The van der Waals surface area contributed by atoms with Crippen molar-refractivity contribution in [2.75, 3.05) is 18.5 Å². The minimum absolute atomic E-state index is 0.114. The van der Waals surface area contributed by atoms with Gasteiger partial charge in [-0.2, -0.15) is 0 Å². The van der Waals surface area contributed by atoms with Gasteiger partial charge in [0, 0.05) is 12.2 Å². The molecule has 8 nitrogen and oxygen atoms in total. The Morgan fingerprint density at radius 2 is 1.58 bits per heavy atom. The first-order valence-corrected chi connectivity index (χ1v) is 9.93. The monoisotopic (exact) mass is 427 g/mol. The number of alkyl carbamates (subject to hydrolysis) is 1. The number of ether oxygens (including phenoxy) is 2. The van der Waals surface area contributed by atoms with Gasteiger partial charge < -0.3 is 25.4 Å². The first-order chi connectivity index (χ1) is 14.6. The topological polar surface area (TPSA) is 106 Å². The fourth-order valence-corrected chi connectivity index (χ4v) is 2.49. The number of amides is 3. The van der Waals surface area contributed by atoms with Crippen molar-refractivity contribution >= 4 is 23.6 Å². The molecule has 0 spiro atoms. The molecule has 0 unspecified atom stereocenters. The van der Waals surface area contributed by atoms with Crippen molar-refractivity contribution < 1.29 is 23.9 Å². The number of anilines is 1. The lowest BCUT2D eigenvalue weighted by atomic mass is 10.1. The van der Waals surface area contributed by atoms with E-state index in [0.717, 1.165) is 11.1 Å². The number of para-hydroxylation sites is 1. The lowest BCUT2D eigenvalue weighted by Gasteiger charge is -2.19. The number of nitrogens with one attached hydrogen (secondary N) is 3. The first-order valence-electron chi connectivity index (χ1n) is 9.93. The lowest BCUT2D eigenvalue weighted by molar-refractivity contribution is -0.123. The summed E-state index contributed by atoms with van der Waals surface area (Å²) in [6.07, 6.45) is -0.670. The number of carbonyl (C=O) groups excluding carboxylic acids is 3. The second-order valence-electron chi connectivity index (χ2n) is 7.94. The van der Waals surface area contributed by atoms with Gasteiger partial charge in [-0.3, -0.25) is 9.59 Å². The van der Waals surface area contributed by atoms with Crippen LogP contribution in [0.1, 0.15) is 31.9 Å². The summed E-state index contributed by atoms with van der Waals surface area (Å²) in [5.74, 6) is -0.0773. The summed E-state index contributed by atoms with van der Waals surface area (Å²) in [6.45, 7) is 7.05. The molecule has 0 heterocycles. The zero-order valence-electron chi connectivity index (χ0n) is 18.3. The van der Waals surface area contributed by atoms with Gasteiger partial charge >= 0.3 is 6.09 Å². The number of carbonyl (C=O) groups is 3. The van der Waals surface area contributed by atoms with Crippen LogP contribution in [0.15, 0.2) is 48.5 Å². The Hall–Kier alpha value is -3.55. The molecule has 3 amide bonds. The van der Waals surface area contributed by atoms with Crippen LogP contribution < -0.4 is 20.7 Å². The van der Waals surface area contributed by atoms with Crippen molar-refractivity contribution in [3.05, 3.63) is 59.7 Å². The van der Waals surface area contributed by atoms with Crippen LogP contribution in [0.4, 0.5) is 10.5 Å². The summed E-state index contributed by atoms with van der Waals surface area (Å²) >= 11 is 0. The van der Waals surface area contributed by atoms with Gasteiger partial charge in [-0.15, -0.1) is 0 Å². The van der Waals surface area contributed by atoms with E-state index >= 15 is 0 Å². The molecule has 2 aromatic rings. The first kappa shape index (κ1) is 23.7. The molecule has 3 N–H and O–H groups in total. The van der Waals surface area contributed by atoms with E-state index in [4.69, 9.17) is 9.47 Å². The fraction of sp³-hybridized carbons (Fsp3) is 0.348. The summed E-state index contributed by atoms with van der Waals surface area (Å²) in [5, 5.41) is 7.89. The Balaban J connectivity index is 1.81. The number of hydrogen-bond acceptors (Lipinski definition) is 5. The van der Waals surface area contributed by atoms with E-state index in [-0.39, 0.29) is 25.6 Å². The van der Waals surface area contributed by atoms with Gasteiger partial charge in [0.05, 0.1) is 0 Å². The zero-order valence-corrected chi connectivity index (χ0v) is 18.3. The van der Waals surface area contributed by atoms with Crippen LogP contribution in [0.2, 0.25) is 0 Å². The predicted molar refractivity (Wildman–Crippen MR) is 118 cm³/mol. The number of benzene rings is 2. The molecular weight excluding hydrogens is 398 g/mol. The molecule has 2 rings (SSSR count). The molecule has 0 aliphatic carbocycles. The highest BCUT2D eigenvalue weighted by molar-refractivity contribution is 5.94. The van der Waals surface area contributed by atoms with Gasteiger partial charge in [0.15, 0.2) is 6.61 Å². The largest absolute Gasteiger partial charge is 0.484 e. The third-order valence-electron chi connectivity index (χ3n) is 3.95. The van der Waals surface area contributed by atoms with Crippen molar-refractivity contribution in [2.24, 2.45) is 0 Å². The summed E-state index contributed by atoms with van der Waals surface area (Å²) < 4.78 is 10.6. The summed E-state index contributed by atoms with van der Waals surface area (Å²) in [7, 11) is 0. The quantitative estimate of drug-likeness (QED) is 0.600. The molecule has 31 heavy (non-hydrogen) atoms. The molecule has 0 fully saturated rings. The molecular formula is C23H29N3O5. The Labute approximate surface area is 182 Å². The van der Waals surface area contributed by atoms with E-state index in [0.29, 0.717) is 11.4 Å². The molecule has 0 saturated heterocycles. The van der Waals surface area contributed by atoms with Crippen LogP contribution in [0, 0.1) is 6.92 Å². The van der Waals surface area contributed by atoms with E-state index in [1.54, 1.807) is 57.2 Å². The van der Waals surface area contributed by atoms with Crippen LogP contribution in [-0.4, -0.2) is 36.7 Å². The van der Waals surface area contributed by atoms with Gasteiger partial charge in [-0.1, -0.05) is 35.9 Å². The minimum Gasteiger partial charge on any atom is -0.484 e. The maximum absolute atomic E-state index is 12.2. The van der Waals surface area contributed by atoms with Crippen LogP contribution in [0.5, 0.6) is 5.75 Å². The Kier molecular flexibility index (Phi) is 8.43. The van der Waals surface area contributed by atoms with Crippen molar-refractivity contribution in [1.29, 1.82) is 0 Å². The molecule has 166 valence electrons. The second-order valence-corrected chi connectivity index (χ2v) is 7.94. The van der Waals surface area contributed by atoms with Gasteiger partial charge in [0.2, 0.25) is 5.91 Å². The van der Waals surface area contributed by atoms with Crippen molar-refractivity contribution in [2.45, 2.75) is 39.8 Å². The number of aryl methyl sites for hydroxylation is 1. The van der Waals surface area contributed by atoms with Gasteiger partial charge in [0.1, 0.15) is 17.9 Å². The van der Waals surface area contributed by atoms with Crippen molar-refractivity contribution in [3.63, 3.8) is 0 Å². The van der Waals surface area contributed by atoms with E-state index in [1.165, 1.54) is 0 Å². The van der Waals surface area contributed by atoms with Crippen LogP contribution >= 0.6 is 0 Å². The molecule has 0 bridgehead atoms. The maximum Gasteiger partial charge on any atom is 0.408 e. The Morgan fingerprint density at radius 3 is 2.26 bits per heavy atom. The maximum atomic E-state index is 12.2. The molecule has 0 saturated carbocycles. The van der Waals surface area contributed by atoms with Crippen LogP contribution in [-0.2, 0) is 20.9 Å². The van der Waals surface area contributed by atoms with E-state index in [1.807, 2.05) is 19.1 Å². The van der Waals surface area contributed by atoms with Gasteiger partial charge in [-0.05, 0) is 51.5 Å². The average Bonchev–Trinajstić information content (AvgIpc) is 2.70. The predicted octanol–water partition coefficient (Wildman–Crippen LogP) is 3.15. The normalized spacial score (nSPS) is 10.7. The molecule has 0 atom stereocenters.